The minimum absolute atomic E-state index is 0. The molecule has 0 aliphatic heterocycles. The van der Waals surface area contributed by atoms with Crippen molar-refractivity contribution in [3.63, 3.8) is 0 Å². The second-order valence-corrected chi connectivity index (χ2v) is 5.62. The van der Waals surface area contributed by atoms with Gasteiger partial charge in [-0.1, -0.05) is 0 Å². The number of hydrogen-bond donors (Lipinski definition) is 4. The molecule has 0 saturated heterocycles. The summed E-state index contributed by atoms with van der Waals surface area (Å²) in [5.41, 5.74) is 5.75. The number of rotatable bonds is 6. The minimum atomic E-state index is -5.12. The molecule has 13 heteroatoms. The number of nitrogens with zero attached hydrogens (tertiary/aromatic N) is 2. The van der Waals surface area contributed by atoms with Crippen molar-refractivity contribution in [1.29, 1.82) is 0 Å². The SMILES string of the molecule is NCCc1cn(OP(=O)(O)OP(=O)(O)O)cn1.[NaH]. The van der Waals surface area contributed by atoms with Gasteiger partial charge in [-0.25, -0.2) is 14.1 Å². The van der Waals surface area contributed by atoms with Gasteiger partial charge in [0.2, 0.25) is 0 Å². The average molecular weight is 311 g/mol. The monoisotopic (exact) mass is 311 g/mol. The first-order chi connectivity index (χ1) is 7.72. The summed E-state index contributed by atoms with van der Waals surface area (Å²) < 4.78 is 30.1. The standard InChI is InChI=1S/C5H11N3O7P2.Na.H/c6-2-1-5-3-8(4-7-5)14-17(12,13)15-16(9,10)11;;/h3-4H,1-2,6H2,(H,12,13)(H2,9,10,11);;. The third-order valence-electron chi connectivity index (χ3n) is 1.42. The molecule has 0 spiro atoms. The van der Waals surface area contributed by atoms with Crippen LogP contribution in [0.4, 0.5) is 0 Å². The van der Waals surface area contributed by atoms with Crippen LogP contribution in [-0.4, -0.2) is 60.5 Å². The van der Waals surface area contributed by atoms with Crippen LogP contribution >= 0.6 is 15.6 Å². The first kappa shape index (κ1) is 18.3. The Morgan fingerprint density at radius 1 is 1.39 bits per heavy atom. The fourth-order valence-corrected chi connectivity index (χ4v) is 2.46. The van der Waals surface area contributed by atoms with Gasteiger partial charge in [-0.05, 0) is 6.54 Å². The van der Waals surface area contributed by atoms with Crippen LogP contribution in [0.2, 0.25) is 0 Å². The van der Waals surface area contributed by atoms with E-state index in [2.05, 4.69) is 13.9 Å². The molecule has 1 aromatic rings. The van der Waals surface area contributed by atoms with Crippen molar-refractivity contribution in [2.75, 3.05) is 6.54 Å². The molecule has 0 fully saturated rings. The molecule has 5 N–H and O–H groups in total. The topological polar surface area (TPSA) is 157 Å². The first-order valence-electron chi connectivity index (χ1n) is 4.24. The molecule has 1 unspecified atom stereocenters. The average Bonchev–Trinajstić information content (AvgIpc) is 2.47. The van der Waals surface area contributed by atoms with Crippen molar-refractivity contribution in [3.8, 4) is 0 Å². The van der Waals surface area contributed by atoms with Gasteiger partial charge >= 0.3 is 45.2 Å². The van der Waals surface area contributed by atoms with Crippen molar-refractivity contribution in [2.45, 2.75) is 6.42 Å². The van der Waals surface area contributed by atoms with Crippen molar-refractivity contribution < 1.29 is 32.7 Å². The molecule has 1 aromatic heterocycles. The Bertz CT molecular complexity index is 473. The number of imidazole rings is 1. The van der Waals surface area contributed by atoms with Crippen molar-refractivity contribution in [1.82, 2.24) is 9.71 Å². The van der Waals surface area contributed by atoms with Gasteiger partial charge in [0, 0.05) is 6.42 Å². The molecule has 0 saturated carbocycles. The number of phosphoric acid groups is 2. The van der Waals surface area contributed by atoms with Gasteiger partial charge in [-0.3, -0.25) is 4.89 Å². The molecule has 0 aliphatic rings. The normalized spacial score (nSPS) is 14.7. The Morgan fingerprint density at radius 2 is 2.00 bits per heavy atom. The Hall–Kier alpha value is 0.270. The Labute approximate surface area is 124 Å². The quantitative estimate of drug-likeness (QED) is 0.357. The fraction of sp³-hybridized carbons (Fsp3) is 0.400. The summed E-state index contributed by atoms with van der Waals surface area (Å²) in [4.78, 5) is 29.5. The molecule has 1 rings (SSSR count). The molecule has 0 aliphatic carbocycles. The number of nitrogens with two attached hydrogens (primary N) is 1. The maximum atomic E-state index is 11.1. The van der Waals surface area contributed by atoms with Gasteiger partial charge in [0.1, 0.15) is 6.33 Å². The van der Waals surface area contributed by atoms with Crippen molar-refractivity contribution >= 4 is 45.2 Å². The summed E-state index contributed by atoms with van der Waals surface area (Å²) >= 11 is 0. The second-order valence-electron chi connectivity index (χ2n) is 2.89. The van der Waals surface area contributed by atoms with Crippen LogP contribution < -0.4 is 10.4 Å². The van der Waals surface area contributed by atoms with Gasteiger partial charge in [0.15, 0.2) is 0 Å². The van der Waals surface area contributed by atoms with E-state index in [-0.39, 0.29) is 29.6 Å². The van der Waals surface area contributed by atoms with Crippen LogP contribution in [0, 0.1) is 0 Å². The van der Waals surface area contributed by atoms with Crippen LogP contribution in [0.25, 0.3) is 0 Å². The van der Waals surface area contributed by atoms with Gasteiger partial charge in [0.25, 0.3) is 0 Å². The van der Waals surface area contributed by atoms with Crippen LogP contribution in [0.5, 0.6) is 0 Å². The van der Waals surface area contributed by atoms with Crippen molar-refractivity contribution in [3.05, 3.63) is 18.2 Å². The molecule has 0 aromatic carbocycles. The van der Waals surface area contributed by atoms with E-state index in [4.69, 9.17) is 20.4 Å². The van der Waals surface area contributed by atoms with E-state index >= 15 is 0 Å². The molecule has 18 heavy (non-hydrogen) atoms. The van der Waals surface area contributed by atoms with E-state index < -0.39 is 15.6 Å². The van der Waals surface area contributed by atoms with E-state index in [0.717, 1.165) is 6.33 Å². The first-order valence-corrected chi connectivity index (χ1v) is 7.27. The Morgan fingerprint density at radius 3 is 2.50 bits per heavy atom. The van der Waals surface area contributed by atoms with Crippen LogP contribution in [0.3, 0.4) is 0 Å². The third-order valence-corrected chi connectivity index (χ3v) is 3.49. The molecule has 10 nitrogen and oxygen atoms in total. The summed E-state index contributed by atoms with van der Waals surface area (Å²) in [6, 6.07) is 0. The summed E-state index contributed by atoms with van der Waals surface area (Å²) in [5, 5.41) is 0. The zero-order valence-corrected chi connectivity index (χ0v) is 10.2. The maximum absolute atomic E-state index is 11.1. The van der Waals surface area contributed by atoms with E-state index in [1.165, 1.54) is 6.20 Å². The zero-order valence-electron chi connectivity index (χ0n) is 8.41. The fourth-order valence-electron chi connectivity index (χ4n) is 0.935. The van der Waals surface area contributed by atoms with Crippen molar-refractivity contribution in [2.24, 2.45) is 5.73 Å². The van der Waals surface area contributed by atoms with Gasteiger partial charge in [-0.15, -0.1) is 0 Å². The van der Waals surface area contributed by atoms with E-state index in [9.17, 15) is 9.13 Å². The number of aromatic nitrogens is 2. The summed E-state index contributed by atoms with van der Waals surface area (Å²) in [5.74, 6) is 0. The molecule has 1 heterocycles. The van der Waals surface area contributed by atoms with Gasteiger partial charge in [-0.2, -0.15) is 9.04 Å². The summed E-state index contributed by atoms with van der Waals surface area (Å²) in [6.45, 7) is 0.326. The number of hydrogen-bond acceptors (Lipinski definition) is 6. The van der Waals surface area contributed by atoms with Gasteiger partial charge < -0.3 is 20.1 Å². The zero-order chi connectivity index (χ0) is 13.1. The van der Waals surface area contributed by atoms with Crippen LogP contribution in [0.15, 0.2) is 12.5 Å². The van der Waals surface area contributed by atoms with E-state index in [1.54, 1.807) is 0 Å². The van der Waals surface area contributed by atoms with Crippen LogP contribution in [-0.2, 0) is 19.9 Å². The molecule has 100 valence electrons. The van der Waals surface area contributed by atoms with Crippen LogP contribution in [0.1, 0.15) is 5.69 Å². The summed E-state index contributed by atoms with van der Waals surface area (Å²) in [7, 11) is -10.0. The molecule has 0 bridgehead atoms. The molecule has 0 amide bonds. The molecule has 0 radical (unpaired) electrons. The molecule has 1 atom stereocenters. The van der Waals surface area contributed by atoms with Gasteiger partial charge in [0.05, 0.1) is 11.9 Å². The molecular weight excluding hydrogens is 299 g/mol. The Balaban J connectivity index is 0.00000289. The van der Waals surface area contributed by atoms with E-state index in [0.29, 0.717) is 23.4 Å². The predicted octanol–water partition coefficient (Wildman–Crippen LogP) is -1.63. The predicted molar refractivity (Wildman–Crippen MR) is 61.7 cm³/mol. The summed E-state index contributed by atoms with van der Waals surface area (Å²) in [6.07, 6.45) is 2.70. The Kier molecular flexibility index (Phi) is 7.27. The third kappa shape index (κ3) is 7.01. The molecular formula is C5H12N3NaO7P2. The second kappa shape index (κ2) is 7.16. The van der Waals surface area contributed by atoms with E-state index in [1.807, 2.05) is 0 Å².